The fourth-order valence-electron chi connectivity index (χ4n) is 2.20. The van der Waals surface area contributed by atoms with Crippen molar-refractivity contribution in [2.24, 2.45) is 5.92 Å². The molecule has 0 amide bonds. The summed E-state index contributed by atoms with van der Waals surface area (Å²) in [7, 11) is 0. The molecule has 0 saturated carbocycles. The van der Waals surface area contributed by atoms with Crippen LogP contribution < -0.4 is 5.32 Å². The molecule has 1 aromatic carbocycles. The summed E-state index contributed by atoms with van der Waals surface area (Å²) in [5, 5.41) is 3.48. The third-order valence-corrected chi connectivity index (χ3v) is 3.35. The van der Waals surface area contributed by atoms with Crippen molar-refractivity contribution >= 4 is 0 Å². The minimum atomic E-state index is -0.186. The Morgan fingerprint density at radius 1 is 1.31 bits per heavy atom. The molecule has 2 atom stereocenters. The molecule has 2 nitrogen and oxygen atoms in total. The summed E-state index contributed by atoms with van der Waals surface area (Å²) in [4.78, 5) is 0. The van der Waals surface area contributed by atoms with Gasteiger partial charge in [0.05, 0.1) is 6.10 Å². The molecule has 2 heteroatoms. The predicted molar refractivity (Wildman–Crippen MR) is 66.4 cm³/mol. The Morgan fingerprint density at radius 2 is 2.00 bits per heavy atom. The van der Waals surface area contributed by atoms with Crippen molar-refractivity contribution in [2.75, 3.05) is 13.1 Å². The first-order valence-electron chi connectivity index (χ1n) is 6.06. The van der Waals surface area contributed by atoms with E-state index in [1.54, 1.807) is 0 Å². The number of hydrogen-bond donors (Lipinski definition) is 1. The number of nitrogens with one attached hydrogen (secondary N) is 1. The van der Waals surface area contributed by atoms with Crippen LogP contribution in [0, 0.1) is 5.92 Å². The van der Waals surface area contributed by atoms with E-state index in [0.29, 0.717) is 12.0 Å². The zero-order valence-electron chi connectivity index (χ0n) is 10.4. The van der Waals surface area contributed by atoms with Crippen molar-refractivity contribution in [3.8, 4) is 0 Å². The van der Waals surface area contributed by atoms with Crippen LogP contribution in [0.1, 0.15) is 26.3 Å². The van der Waals surface area contributed by atoms with Crippen molar-refractivity contribution in [3.05, 3.63) is 35.9 Å². The molecule has 1 aliphatic heterocycles. The first-order chi connectivity index (χ1) is 7.62. The van der Waals surface area contributed by atoms with E-state index in [-0.39, 0.29) is 5.60 Å². The van der Waals surface area contributed by atoms with Crippen LogP contribution in [0.2, 0.25) is 0 Å². The summed E-state index contributed by atoms with van der Waals surface area (Å²) in [6, 6.07) is 10.5. The molecule has 1 saturated heterocycles. The van der Waals surface area contributed by atoms with Gasteiger partial charge in [0.2, 0.25) is 0 Å². The molecule has 2 unspecified atom stereocenters. The Kier molecular flexibility index (Phi) is 3.31. The highest BCUT2D eigenvalue weighted by molar-refractivity contribution is 5.23. The van der Waals surface area contributed by atoms with Crippen LogP contribution in [0.4, 0.5) is 0 Å². The highest BCUT2D eigenvalue weighted by atomic mass is 16.5. The summed E-state index contributed by atoms with van der Waals surface area (Å²) >= 11 is 0. The standard InChI is InChI=1S/C14H21NO/c1-11(2)13-9-15-10-14(3,16-13)12-7-5-4-6-8-12/h4-8,11,13,15H,9-10H2,1-3H3. The molecule has 0 radical (unpaired) electrons. The molecule has 1 aromatic rings. The van der Waals surface area contributed by atoms with E-state index in [9.17, 15) is 0 Å². The molecule has 1 N–H and O–H groups in total. The van der Waals surface area contributed by atoms with Gasteiger partial charge in [-0.2, -0.15) is 0 Å². The van der Waals surface area contributed by atoms with Crippen LogP contribution in [0.25, 0.3) is 0 Å². The average Bonchev–Trinajstić information content (AvgIpc) is 2.30. The fraction of sp³-hybridized carbons (Fsp3) is 0.571. The second-order valence-corrected chi connectivity index (χ2v) is 5.13. The summed E-state index contributed by atoms with van der Waals surface area (Å²) in [5.74, 6) is 0.552. The highest BCUT2D eigenvalue weighted by Crippen LogP contribution is 2.30. The number of morpholine rings is 1. The van der Waals surface area contributed by atoms with Crippen molar-refractivity contribution in [1.29, 1.82) is 0 Å². The maximum atomic E-state index is 6.26. The lowest BCUT2D eigenvalue weighted by molar-refractivity contribution is -0.126. The van der Waals surface area contributed by atoms with Crippen LogP contribution >= 0.6 is 0 Å². The van der Waals surface area contributed by atoms with Gasteiger partial charge >= 0.3 is 0 Å². The van der Waals surface area contributed by atoms with E-state index < -0.39 is 0 Å². The lowest BCUT2D eigenvalue weighted by Crippen LogP contribution is -2.51. The summed E-state index contributed by atoms with van der Waals surface area (Å²) in [6.07, 6.45) is 0.305. The summed E-state index contributed by atoms with van der Waals surface area (Å²) in [6.45, 7) is 8.44. The topological polar surface area (TPSA) is 21.3 Å². The number of ether oxygens (including phenoxy) is 1. The van der Waals surface area contributed by atoms with E-state index in [1.807, 2.05) is 6.07 Å². The second-order valence-electron chi connectivity index (χ2n) is 5.13. The normalized spacial score (nSPS) is 30.6. The van der Waals surface area contributed by atoms with E-state index in [2.05, 4.69) is 50.4 Å². The van der Waals surface area contributed by atoms with Gasteiger partial charge in [0.1, 0.15) is 5.60 Å². The lowest BCUT2D eigenvalue weighted by Gasteiger charge is -2.41. The minimum Gasteiger partial charge on any atom is -0.364 e. The van der Waals surface area contributed by atoms with Crippen LogP contribution in [0.3, 0.4) is 0 Å². The Bertz CT molecular complexity index is 336. The third kappa shape index (κ3) is 2.28. The Morgan fingerprint density at radius 3 is 2.62 bits per heavy atom. The Labute approximate surface area is 98.0 Å². The van der Waals surface area contributed by atoms with E-state index in [0.717, 1.165) is 13.1 Å². The maximum absolute atomic E-state index is 6.26. The molecule has 88 valence electrons. The van der Waals surface area contributed by atoms with Gasteiger partial charge in [-0.3, -0.25) is 0 Å². The predicted octanol–water partition coefficient (Wildman–Crippen LogP) is 2.55. The minimum absolute atomic E-state index is 0.186. The van der Waals surface area contributed by atoms with Gasteiger partial charge in [-0.05, 0) is 18.4 Å². The van der Waals surface area contributed by atoms with E-state index in [4.69, 9.17) is 4.74 Å². The largest absolute Gasteiger partial charge is 0.364 e. The van der Waals surface area contributed by atoms with Crippen LogP contribution in [-0.2, 0) is 10.3 Å². The van der Waals surface area contributed by atoms with Gasteiger partial charge in [-0.1, -0.05) is 44.2 Å². The van der Waals surface area contributed by atoms with Gasteiger partial charge in [0, 0.05) is 13.1 Å². The van der Waals surface area contributed by atoms with Crippen molar-refractivity contribution in [2.45, 2.75) is 32.5 Å². The molecule has 0 bridgehead atoms. The van der Waals surface area contributed by atoms with Gasteiger partial charge < -0.3 is 10.1 Å². The highest BCUT2D eigenvalue weighted by Gasteiger charge is 2.35. The lowest BCUT2D eigenvalue weighted by atomic mass is 9.92. The molecule has 0 spiro atoms. The van der Waals surface area contributed by atoms with Crippen LogP contribution in [0.15, 0.2) is 30.3 Å². The Hall–Kier alpha value is -0.860. The van der Waals surface area contributed by atoms with Crippen molar-refractivity contribution in [1.82, 2.24) is 5.32 Å². The zero-order chi connectivity index (χ0) is 11.6. The quantitative estimate of drug-likeness (QED) is 0.825. The van der Waals surface area contributed by atoms with Crippen molar-refractivity contribution in [3.63, 3.8) is 0 Å². The maximum Gasteiger partial charge on any atom is 0.103 e. The SMILES string of the molecule is CC(C)C1CNCC(C)(c2ccccc2)O1. The molecule has 1 heterocycles. The van der Waals surface area contributed by atoms with Gasteiger partial charge in [-0.15, -0.1) is 0 Å². The van der Waals surface area contributed by atoms with Gasteiger partial charge in [0.15, 0.2) is 0 Å². The first-order valence-corrected chi connectivity index (χ1v) is 6.06. The first kappa shape index (κ1) is 11.6. The van der Waals surface area contributed by atoms with Crippen LogP contribution in [0.5, 0.6) is 0 Å². The average molecular weight is 219 g/mol. The Balaban J connectivity index is 2.19. The molecular weight excluding hydrogens is 198 g/mol. The third-order valence-electron chi connectivity index (χ3n) is 3.35. The van der Waals surface area contributed by atoms with E-state index in [1.165, 1.54) is 5.56 Å². The molecular formula is C14H21NO. The molecule has 2 rings (SSSR count). The number of hydrogen-bond acceptors (Lipinski definition) is 2. The molecule has 16 heavy (non-hydrogen) atoms. The molecule has 1 aliphatic rings. The summed E-state index contributed by atoms with van der Waals surface area (Å²) < 4.78 is 6.26. The fourth-order valence-corrected chi connectivity index (χ4v) is 2.20. The van der Waals surface area contributed by atoms with Crippen LogP contribution in [-0.4, -0.2) is 19.2 Å². The monoisotopic (exact) mass is 219 g/mol. The molecule has 1 fully saturated rings. The molecule has 0 aliphatic carbocycles. The van der Waals surface area contributed by atoms with E-state index >= 15 is 0 Å². The van der Waals surface area contributed by atoms with Gasteiger partial charge in [-0.25, -0.2) is 0 Å². The zero-order valence-corrected chi connectivity index (χ0v) is 10.4. The number of rotatable bonds is 2. The smallest absolute Gasteiger partial charge is 0.103 e. The summed E-state index contributed by atoms with van der Waals surface area (Å²) in [5.41, 5.74) is 1.07. The van der Waals surface area contributed by atoms with Crippen molar-refractivity contribution < 1.29 is 4.74 Å². The molecule has 0 aromatic heterocycles. The second kappa shape index (κ2) is 4.56. The number of benzene rings is 1. The van der Waals surface area contributed by atoms with Gasteiger partial charge in [0.25, 0.3) is 0 Å².